The molecule has 0 fully saturated rings. The van der Waals surface area contributed by atoms with E-state index in [9.17, 15) is 9.59 Å². The van der Waals surface area contributed by atoms with E-state index >= 15 is 0 Å². The summed E-state index contributed by atoms with van der Waals surface area (Å²) in [4.78, 5) is 34.5. The molecule has 0 spiro atoms. The minimum Gasteiger partial charge on any atom is -0.343 e. The first-order valence-electron chi connectivity index (χ1n) is 9.20. The lowest BCUT2D eigenvalue weighted by Gasteiger charge is -2.17. The van der Waals surface area contributed by atoms with Crippen molar-refractivity contribution >= 4 is 39.6 Å². The summed E-state index contributed by atoms with van der Waals surface area (Å²) in [6.45, 7) is 3.73. The van der Waals surface area contributed by atoms with Crippen LogP contribution in [-0.4, -0.2) is 34.4 Å². The molecule has 2 amide bonds. The van der Waals surface area contributed by atoms with E-state index in [-0.39, 0.29) is 18.4 Å². The molecule has 0 radical (unpaired) electrons. The number of aromatic nitrogens is 2. The lowest BCUT2D eigenvalue weighted by atomic mass is 10.0. The van der Waals surface area contributed by atoms with Crippen molar-refractivity contribution in [3.05, 3.63) is 52.0 Å². The van der Waals surface area contributed by atoms with Gasteiger partial charge in [0.1, 0.15) is 6.04 Å². The molecule has 0 aliphatic heterocycles. The van der Waals surface area contributed by atoms with Crippen molar-refractivity contribution in [2.75, 3.05) is 11.9 Å². The predicted molar refractivity (Wildman–Crippen MR) is 117 cm³/mol. The molecule has 2 heterocycles. The average Bonchev–Trinajstić information content (AvgIpc) is 3.30. The van der Waals surface area contributed by atoms with Gasteiger partial charge in [-0.3, -0.25) is 9.59 Å². The molecule has 1 atom stereocenters. The van der Waals surface area contributed by atoms with Crippen molar-refractivity contribution in [1.82, 2.24) is 15.3 Å². The Hall–Kier alpha value is -2.62. The highest BCUT2D eigenvalue weighted by Gasteiger charge is 2.22. The van der Waals surface area contributed by atoms with Crippen LogP contribution in [-0.2, 0) is 16.0 Å². The molecular formula is C20H23N5O2S2. The molecule has 0 aliphatic carbocycles. The fourth-order valence-corrected chi connectivity index (χ4v) is 4.53. The van der Waals surface area contributed by atoms with Crippen molar-refractivity contribution in [2.24, 2.45) is 5.73 Å². The van der Waals surface area contributed by atoms with Gasteiger partial charge in [-0.25, -0.2) is 9.97 Å². The quantitative estimate of drug-likeness (QED) is 0.510. The fraction of sp³-hybridized carbons (Fsp3) is 0.300. The van der Waals surface area contributed by atoms with Crippen LogP contribution in [0.2, 0.25) is 0 Å². The van der Waals surface area contributed by atoms with Crippen molar-refractivity contribution in [3.63, 3.8) is 0 Å². The standard InChI is InChI=1S/C20H23N5O2S2/c1-12-18(29-13(2)22-12)16-11-28-20(24-16)25-19(27)15(23-17(26)10-21)9-8-14-6-4-3-5-7-14/h3-7,11,15H,8-10,21H2,1-2H3,(H,23,26)(H,24,25,27)/t15-/m1/s1. The Kier molecular flexibility index (Phi) is 7.08. The van der Waals surface area contributed by atoms with E-state index in [1.807, 2.05) is 49.6 Å². The van der Waals surface area contributed by atoms with Gasteiger partial charge in [-0.2, -0.15) is 0 Å². The van der Waals surface area contributed by atoms with Crippen molar-refractivity contribution in [1.29, 1.82) is 0 Å². The number of nitrogens with zero attached hydrogens (tertiary/aromatic N) is 2. The van der Waals surface area contributed by atoms with Gasteiger partial charge in [0.25, 0.3) is 0 Å². The van der Waals surface area contributed by atoms with Crippen LogP contribution in [0, 0.1) is 13.8 Å². The fourth-order valence-electron chi connectivity index (χ4n) is 2.87. The third-order valence-corrected chi connectivity index (χ3v) is 6.13. The molecule has 3 aromatic rings. The number of hydrogen-bond donors (Lipinski definition) is 3. The highest BCUT2D eigenvalue weighted by Crippen LogP contribution is 2.32. The number of hydrogen-bond acceptors (Lipinski definition) is 7. The van der Waals surface area contributed by atoms with Gasteiger partial charge in [-0.15, -0.1) is 22.7 Å². The first kappa shape index (κ1) is 21.1. The van der Waals surface area contributed by atoms with Crippen LogP contribution >= 0.6 is 22.7 Å². The Morgan fingerprint density at radius 1 is 1.17 bits per heavy atom. The minimum atomic E-state index is -0.689. The molecule has 9 heteroatoms. The number of nitrogens with two attached hydrogens (primary N) is 1. The Morgan fingerprint density at radius 3 is 2.59 bits per heavy atom. The molecule has 2 aromatic heterocycles. The molecule has 0 saturated heterocycles. The van der Waals surface area contributed by atoms with Crippen molar-refractivity contribution in [2.45, 2.75) is 32.7 Å². The van der Waals surface area contributed by atoms with Crippen LogP contribution in [0.25, 0.3) is 10.6 Å². The average molecular weight is 430 g/mol. The molecule has 4 N–H and O–H groups in total. The Bertz CT molecular complexity index is 984. The van der Waals surface area contributed by atoms with E-state index < -0.39 is 6.04 Å². The first-order chi connectivity index (χ1) is 14.0. The minimum absolute atomic E-state index is 0.166. The summed E-state index contributed by atoms with van der Waals surface area (Å²) in [6.07, 6.45) is 1.12. The molecule has 0 unspecified atom stereocenters. The van der Waals surface area contributed by atoms with Crippen molar-refractivity contribution in [3.8, 4) is 10.6 Å². The molecule has 1 aromatic carbocycles. The van der Waals surface area contributed by atoms with Gasteiger partial charge in [0, 0.05) is 5.38 Å². The Morgan fingerprint density at radius 2 is 1.93 bits per heavy atom. The van der Waals surface area contributed by atoms with Crippen LogP contribution in [0.4, 0.5) is 5.13 Å². The lowest BCUT2D eigenvalue weighted by molar-refractivity contribution is -0.125. The smallest absolute Gasteiger partial charge is 0.248 e. The normalized spacial score (nSPS) is 11.8. The maximum atomic E-state index is 12.8. The van der Waals surface area contributed by atoms with E-state index in [0.717, 1.165) is 26.8 Å². The number of carbonyl (C=O) groups is 2. The maximum absolute atomic E-state index is 12.8. The Labute approximate surface area is 177 Å². The zero-order chi connectivity index (χ0) is 20.8. The topological polar surface area (TPSA) is 110 Å². The van der Waals surface area contributed by atoms with Gasteiger partial charge in [0.05, 0.1) is 27.8 Å². The number of rotatable bonds is 8. The molecule has 29 heavy (non-hydrogen) atoms. The van der Waals surface area contributed by atoms with Crippen LogP contribution < -0.4 is 16.4 Å². The van der Waals surface area contributed by atoms with Gasteiger partial charge in [0.15, 0.2) is 5.13 Å². The number of carbonyl (C=O) groups excluding carboxylic acids is 2. The number of nitrogens with one attached hydrogen (secondary N) is 2. The number of thiazole rings is 2. The SMILES string of the molecule is Cc1nc(C)c(-c2csc(NC(=O)[C@@H](CCc3ccccc3)NC(=O)CN)n2)s1. The second-order valence-corrected chi connectivity index (χ2v) is 8.58. The van der Waals surface area contributed by atoms with Crippen LogP contribution in [0.5, 0.6) is 0 Å². The molecule has 0 aliphatic rings. The molecule has 152 valence electrons. The molecule has 3 rings (SSSR count). The summed E-state index contributed by atoms with van der Waals surface area (Å²) in [5, 5.41) is 8.88. The van der Waals surface area contributed by atoms with Crippen molar-refractivity contribution < 1.29 is 9.59 Å². The van der Waals surface area contributed by atoms with Gasteiger partial charge in [0.2, 0.25) is 11.8 Å². The number of aryl methyl sites for hydroxylation is 3. The predicted octanol–water partition coefficient (Wildman–Crippen LogP) is 2.90. The molecule has 0 bridgehead atoms. The summed E-state index contributed by atoms with van der Waals surface area (Å²) in [6, 6.07) is 9.13. The van der Waals surface area contributed by atoms with E-state index in [1.54, 1.807) is 11.3 Å². The summed E-state index contributed by atoms with van der Waals surface area (Å²) in [5.41, 5.74) is 8.22. The number of anilines is 1. The van der Waals surface area contributed by atoms with E-state index in [1.165, 1.54) is 11.3 Å². The summed E-state index contributed by atoms with van der Waals surface area (Å²) < 4.78 is 0. The third kappa shape index (κ3) is 5.69. The Balaban J connectivity index is 1.69. The second-order valence-electron chi connectivity index (χ2n) is 6.52. The number of benzene rings is 1. The van der Waals surface area contributed by atoms with E-state index in [2.05, 4.69) is 20.6 Å². The monoisotopic (exact) mass is 429 g/mol. The zero-order valence-electron chi connectivity index (χ0n) is 16.3. The zero-order valence-corrected chi connectivity index (χ0v) is 17.9. The van der Waals surface area contributed by atoms with Crippen LogP contribution in [0.3, 0.4) is 0 Å². The van der Waals surface area contributed by atoms with Gasteiger partial charge in [-0.1, -0.05) is 30.3 Å². The van der Waals surface area contributed by atoms with E-state index in [0.29, 0.717) is 18.0 Å². The lowest BCUT2D eigenvalue weighted by Crippen LogP contribution is -2.46. The van der Waals surface area contributed by atoms with Crippen LogP contribution in [0.15, 0.2) is 35.7 Å². The second kappa shape index (κ2) is 9.73. The molecular weight excluding hydrogens is 406 g/mol. The van der Waals surface area contributed by atoms with Crippen LogP contribution in [0.1, 0.15) is 22.7 Å². The summed E-state index contributed by atoms with van der Waals surface area (Å²) in [7, 11) is 0. The summed E-state index contributed by atoms with van der Waals surface area (Å²) >= 11 is 2.92. The maximum Gasteiger partial charge on any atom is 0.248 e. The summed E-state index contributed by atoms with van der Waals surface area (Å²) in [5.74, 6) is -0.672. The third-order valence-electron chi connectivity index (χ3n) is 4.27. The highest BCUT2D eigenvalue weighted by molar-refractivity contribution is 7.16. The number of amides is 2. The first-order valence-corrected chi connectivity index (χ1v) is 10.9. The van der Waals surface area contributed by atoms with Gasteiger partial charge >= 0.3 is 0 Å². The largest absolute Gasteiger partial charge is 0.343 e. The van der Waals surface area contributed by atoms with Gasteiger partial charge < -0.3 is 16.4 Å². The van der Waals surface area contributed by atoms with E-state index in [4.69, 9.17) is 5.73 Å². The highest BCUT2D eigenvalue weighted by atomic mass is 32.1. The van der Waals surface area contributed by atoms with Gasteiger partial charge in [-0.05, 0) is 32.3 Å². The molecule has 0 saturated carbocycles. The molecule has 7 nitrogen and oxygen atoms in total.